The van der Waals surface area contributed by atoms with Gasteiger partial charge in [-0.2, -0.15) is 0 Å². The zero-order chi connectivity index (χ0) is 14.1. The molecular weight excluding hydrogens is 274 g/mol. The Hall–Kier alpha value is 0.110. The summed E-state index contributed by atoms with van der Waals surface area (Å²) < 4.78 is 4.83. The predicted octanol–water partition coefficient (Wildman–Crippen LogP) is -0.649. The van der Waals surface area contributed by atoms with Gasteiger partial charge in [0.2, 0.25) is 0 Å². The van der Waals surface area contributed by atoms with Crippen LogP contribution in [0.25, 0.3) is 0 Å². The van der Waals surface area contributed by atoms with Crippen molar-refractivity contribution in [1.82, 2.24) is 26.6 Å². The van der Waals surface area contributed by atoms with E-state index in [2.05, 4.69) is 26.6 Å². The second-order valence-corrected chi connectivity index (χ2v) is 5.84. The molecule has 0 saturated carbocycles. The maximum atomic E-state index is 4.83. The molecule has 0 aromatic carbocycles. The summed E-state index contributed by atoms with van der Waals surface area (Å²) in [6.45, 7) is 9.66. The highest BCUT2D eigenvalue weighted by Gasteiger charge is 1.94. The van der Waals surface area contributed by atoms with Crippen LogP contribution in [0.2, 0.25) is 0 Å². The van der Waals surface area contributed by atoms with Crippen molar-refractivity contribution in [2.75, 3.05) is 70.9 Å². The largest absolute Gasteiger partial charge is 0.365 e. The van der Waals surface area contributed by atoms with E-state index in [1.165, 1.54) is 44.1 Å². The first-order valence-corrected chi connectivity index (χ1v) is 8.84. The third kappa shape index (κ3) is 13.1. The van der Waals surface area contributed by atoms with E-state index in [-0.39, 0.29) is 0 Å². The van der Waals surface area contributed by atoms with E-state index in [9.17, 15) is 0 Å². The number of rotatable bonds is 0. The maximum Gasteiger partial charge on any atom is 0.0966 e. The summed E-state index contributed by atoms with van der Waals surface area (Å²) in [5.41, 5.74) is 0. The molecule has 0 aliphatic carbocycles. The van der Waals surface area contributed by atoms with Crippen molar-refractivity contribution in [3.05, 3.63) is 0 Å². The molecule has 4 saturated heterocycles. The average molecular weight is 305 g/mol. The Morgan fingerprint density at radius 1 is 0.700 bits per heavy atom. The fourth-order valence-electron chi connectivity index (χ4n) is 1.79. The molecule has 4 fully saturated rings. The minimum atomic E-state index is 0.750. The number of hydrogen-bond donors (Lipinski definition) is 5. The highest BCUT2D eigenvalue weighted by atomic mass is 32.2. The molecule has 5 N–H and O–H groups in total. The van der Waals surface area contributed by atoms with Crippen LogP contribution in [0.3, 0.4) is 0 Å². The molecule has 4 rings (SSSR count). The number of thioether (sulfide) groups is 1. The molecule has 0 aromatic heterocycles. The molecule has 0 radical (unpaired) electrons. The normalized spacial score (nSPS) is 24.0. The highest BCUT2D eigenvalue weighted by molar-refractivity contribution is 7.99. The second-order valence-electron chi connectivity index (χ2n) is 4.74. The van der Waals surface area contributed by atoms with Crippen molar-refractivity contribution in [1.29, 1.82) is 0 Å². The zero-order valence-corrected chi connectivity index (χ0v) is 13.3. The summed E-state index contributed by atoms with van der Waals surface area (Å²) in [5, 5.41) is 15.6. The molecular formula is C13H31N5OS. The summed E-state index contributed by atoms with van der Waals surface area (Å²) in [7, 11) is 0. The van der Waals surface area contributed by atoms with E-state index in [4.69, 9.17) is 4.74 Å². The van der Waals surface area contributed by atoms with Gasteiger partial charge in [-0.3, -0.25) is 5.32 Å². The second kappa shape index (κ2) is 15.5. The summed E-state index contributed by atoms with van der Waals surface area (Å²) in [5.74, 6) is 2.47. The third-order valence-corrected chi connectivity index (χ3v) is 3.84. The first-order valence-electron chi connectivity index (χ1n) is 7.69. The fourth-order valence-corrected chi connectivity index (χ4v) is 2.51. The topological polar surface area (TPSA) is 69.4 Å². The van der Waals surface area contributed by atoms with Gasteiger partial charge in [0.15, 0.2) is 0 Å². The molecule has 0 spiro atoms. The van der Waals surface area contributed by atoms with Crippen molar-refractivity contribution in [2.45, 2.75) is 12.8 Å². The van der Waals surface area contributed by atoms with Gasteiger partial charge in [0, 0.05) is 44.5 Å². The van der Waals surface area contributed by atoms with Gasteiger partial charge >= 0.3 is 0 Å². The molecule has 120 valence electrons. The van der Waals surface area contributed by atoms with Gasteiger partial charge in [0.05, 0.1) is 13.3 Å². The molecule has 20 heavy (non-hydrogen) atoms. The molecule has 4 aliphatic heterocycles. The van der Waals surface area contributed by atoms with Crippen LogP contribution in [0.4, 0.5) is 0 Å². The zero-order valence-electron chi connectivity index (χ0n) is 12.5. The standard InChI is InChI=1S/C4H9N.C3H8N2.C3H7NO.C3H7NS/c1-2-4-5-3-1;3*1-2-5-3-4-1/h5H,1-4H2;4-5H,1-3H2;2*4H,1-3H2. The van der Waals surface area contributed by atoms with Crippen LogP contribution in [0.5, 0.6) is 0 Å². The van der Waals surface area contributed by atoms with Crippen LogP contribution in [-0.2, 0) is 4.74 Å². The quantitative estimate of drug-likeness (QED) is 0.407. The minimum absolute atomic E-state index is 0.750. The number of ether oxygens (including phenoxy) is 1. The Bertz CT molecular complexity index is 113. The molecule has 7 heteroatoms. The molecule has 6 nitrogen and oxygen atoms in total. The maximum absolute atomic E-state index is 4.83. The Morgan fingerprint density at radius 3 is 1.70 bits per heavy atom. The van der Waals surface area contributed by atoms with E-state index in [1.807, 2.05) is 11.8 Å². The van der Waals surface area contributed by atoms with Crippen molar-refractivity contribution >= 4 is 11.8 Å². The van der Waals surface area contributed by atoms with Crippen molar-refractivity contribution in [3.8, 4) is 0 Å². The Kier molecular flexibility index (Phi) is 14.1. The highest BCUT2D eigenvalue weighted by Crippen LogP contribution is 1.99. The first-order chi connectivity index (χ1) is 10.0. The summed E-state index contributed by atoms with van der Waals surface area (Å²) >= 11 is 1.96. The lowest BCUT2D eigenvalue weighted by molar-refractivity contribution is 0.194. The molecule has 0 bridgehead atoms. The van der Waals surface area contributed by atoms with Crippen LogP contribution in [-0.4, -0.2) is 70.9 Å². The third-order valence-electron chi connectivity index (χ3n) is 2.94. The predicted molar refractivity (Wildman–Crippen MR) is 87.1 cm³/mol. The van der Waals surface area contributed by atoms with Gasteiger partial charge in [-0.15, -0.1) is 11.8 Å². The van der Waals surface area contributed by atoms with E-state index in [1.54, 1.807) is 0 Å². The average Bonchev–Trinajstić information content (AvgIpc) is 3.40. The van der Waals surface area contributed by atoms with Crippen molar-refractivity contribution < 1.29 is 4.74 Å². The number of nitrogens with one attached hydrogen (secondary N) is 5. The minimum Gasteiger partial charge on any atom is -0.365 e. The van der Waals surface area contributed by atoms with Crippen LogP contribution in [0, 0.1) is 0 Å². The molecule has 0 atom stereocenters. The summed E-state index contributed by atoms with van der Waals surface area (Å²) in [4.78, 5) is 0. The molecule has 0 unspecified atom stereocenters. The van der Waals surface area contributed by atoms with Gasteiger partial charge in [-0.05, 0) is 25.9 Å². The smallest absolute Gasteiger partial charge is 0.0966 e. The van der Waals surface area contributed by atoms with Crippen LogP contribution < -0.4 is 26.6 Å². The van der Waals surface area contributed by atoms with E-state index in [0.29, 0.717) is 0 Å². The van der Waals surface area contributed by atoms with Gasteiger partial charge < -0.3 is 26.0 Å². The molecule has 0 aromatic rings. The number of hydrogen-bond acceptors (Lipinski definition) is 7. The lowest BCUT2D eigenvalue weighted by atomic mass is 10.4. The molecule has 4 aliphatic rings. The Labute approximate surface area is 127 Å². The van der Waals surface area contributed by atoms with Crippen LogP contribution in [0.1, 0.15) is 12.8 Å². The molecule has 4 heterocycles. The summed E-state index contributed by atoms with van der Waals surface area (Å²) in [6.07, 6.45) is 2.78. The lowest BCUT2D eigenvalue weighted by Gasteiger charge is -1.77. The fraction of sp³-hybridized carbons (Fsp3) is 1.00. The Balaban J connectivity index is 0.000000133. The van der Waals surface area contributed by atoms with Crippen LogP contribution >= 0.6 is 11.8 Å². The molecule has 0 amide bonds. The van der Waals surface area contributed by atoms with E-state index < -0.39 is 0 Å². The first kappa shape index (κ1) is 18.2. The van der Waals surface area contributed by atoms with Gasteiger partial charge in [-0.1, -0.05) is 0 Å². The van der Waals surface area contributed by atoms with E-state index >= 15 is 0 Å². The Morgan fingerprint density at radius 2 is 1.50 bits per heavy atom. The van der Waals surface area contributed by atoms with Gasteiger partial charge in [0.1, 0.15) is 0 Å². The van der Waals surface area contributed by atoms with Gasteiger partial charge in [0.25, 0.3) is 0 Å². The van der Waals surface area contributed by atoms with Crippen molar-refractivity contribution in [2.24, 2.45) is 0 Å². The SMILES string of the molecule is C1CCNC1.C1CNCN1.C1COCN1.C1CSCN1. The van der Waals surface area contributed by atoms with Crippen LogP contribution in [0.15, 0.2) is 0 Å². The van der Waals surface area contributed by atoms with E-state index in [0.717, 1.165) is 39.6 Å². The van der Waals surface area contributed by atoms with Gasteiger partial charge in [-0.25, -0.2) is 0 Å². The van der Waals surface area contributed by atoms with Crippen molar-refractivity contribution in [3.63, 3.8) is 0 Å². The lowest BCUT2D eigenvalue weighted by Crippen LogP contribution is -2.11. The summed E-state index contributed by atoms with van der Waals surface area (Å²) in [6, 6.07) is 0. The monoisotopic (exact) mass is 305 g/mol.